The summed E-state index contributed by atoms with van der Waals surface area (Å²) in [5, 5.41) is 20.0. The molecular formula is C16H16Cl2N2O4S. The van der Waals surface area contributed by atoms with Crippen molar-refractivity contribution in [3.05, 3.63) is 46.4 Å². The molecule has 1 fully saturated rings. The number of para-hydroxylation sites is 2. The number of hydrogen-bond donors (Lipinski definition) is 2. The van der Waals surface area contributed by atoms with Gasteiger partial charge in [-0.2, -0.15) is 4.31 Å². The Hall–Kier alpha value is -1.67. The number of piperazine rings is 1. The molecule has 134 valence electrons. The number of sulfonamides is 1. The molecule has 0 saturated carbocycles. The lowest BCUT2D eigenvalue weighted by Crippen LogP contribution is -2.48. The predicted octanol–water partition coefficient (Wildman–Crippen LogP) is 2.92. The highest BCUT2D eigenvalue weighted by Gasteiger charge is 2.32. The third kappa shape index (κ3) is 3.50. The molecular weight excluding hydrogens is 387 g/mol. The first-order valence-corrected chi connectivity index (χ1v) is 9.71. The quantitative estimate of drug-likeness (QED) is 0.824. The fourth-order valence-electron chi connectivity index (χ4n) is 2.78. The number of hydrogen-bond acceptors (Lipinski definition) is 5. The minimum atomic E-state index is -3.93. The maximum atomic E-state index is 12.8. The lowest BCUT2D eigenvalue weighted by atomic mass is 10.2. The molecule has 0 amide bonds. The number of aromatic hydroxyl groups is 2. The van der Waals surface area contributed by atoms with Crippen LogP contribution >= 0.6 is 23.2 Å². The fourth-order valence-corrected chi connectivity index (χ4v) is 4.95. The van der Waals surface area contributed by atoms with Gasteiger partial charge in [-0.15, -0.1) is 0 Å². The molecule has 2 N–H and O–H groups in total. The number of rotatable bonds is 3. The molecule has 9 heteroatoms. The second-order valence-corrected chi connectivity index (χ2v) is 8.36. The number of halogens is 2. The SMILES string of the molecule is O=S(=O)(c1cc(Cl)cc(Cl)c1O)N1CCN(c2ccccc2O)CC1. The highest BCUT2D eigenvalue weighted by molar-refractivity contribution is 7.89. The van der Waals surface area contributed by atoms with Gasteiger partial charge in [-0.3, -0.25) is 0 Å². The Labute approximate surface area is 155 Å². The minimum Gasteiger partial charge on any atom is -0.506 e. The van der Waals surface area contributed by atoms with E-state index in [4.69, 9.17) is 23.2 Å². The van der Waals surface area contributed by atoms with Gasteiger partial charge < -0.3 is 15.1 Å². The molecule has 0 bridgehead atoms. The molecule has 1 aliphatic rings. The average Bonchev–Trinajstić information content (AvgIpc) is 2.58. The Morgan fingerprint density at radius 1 is 0.960 bits per heavy atom. The third-order valence-electron chi connectivity index (χ3n) is 4.07. The molecule has 0 unspecified atom stereocenters. The summed E-state index contributed by atoms with van der Waals surface area (Å²) in [4.78, 5) is 1.60. The normalized spacial score (nSPS) is 16.2. The van der Waals surface area contributed by atoms with Crippen molar-refractivity contribution >= 4 is 38.9 Å². The third-order valence-corrected chi connectivity index (χ3v) is 6.49. The van der Waals surface area contributed by atoms with E-state index in [0.29, 0.717) is 18.8 Å². The van der Waals surface area contributed by atoms with Crippen LogP contribution in [0.3, 0.4) is 0 Å². The standard InChI is InChI=1S/C16H16Cl2N2O4S/c17-11-9-12(18)16(22)15(10-11)25(23,24)20-7-5-19(6-8-20)13-3-1-2-4-14(13)21/h1-4,9-10,21-22H,5-8H2. The van der Waals surface area contributed by atoms with Crippen molar-refractivity contribution in [2.24, 2.45) is 0 Å². The molecule has 0 atom stereocenters. The monoisotopic (exact) mass is 402 g/mol. The summed E-state index contributed by atoms with van der Waals surface area (Å²) in [6, 6.07) is 9.38. The summed E-state index contributed by atoms with van der Waals surface area (Å²) in [7, 11) is -3.93. The maximum absolute atomic E-state index is 12.8. The highest BCUT2D eigenvalue weighted by atomic mass is 35.5. The number of phenols is 2. The molecule has 0 spiro atoms. The average molecular weight is 403 g/mol. The molecule has 1 saturated heterocycles. The van der Waals surface area contributed by atoms with Crippen LogP contribution in [0.25, 0.3) is 0 Å². The van der Waals surface area contributed by atoms with Crippen molar-refractivity contribution in [1.29, 1.82) is 0 Å². The molecule has 0 aromatic heterocycles. The van der Waals surface area contributed by atoms with Gasteiger partial charge in [-0.05, 0) is 24.3 Å². The summed E-state index contributed by atoms with van der Waals surface area (Å²) in [6.07, 6.45) is 0. The summed E-state index contributed by atoms with van der Waals surface area (Å²) >= 11 is 11.7. The van der Waals surface area contributed by atoms with Gasteiger partial charge in [-0.1, -0.05) is 35.3 Å². The molecule has 1 aliphatic heterocycles. The van der Waals surface area contributed by atoms with Gasteiger partial charge >= 0.3 is 0 Å². The lowest BCUT2D eigenvalue weighted by molar-refractivity contribution is 0.378. The van der Waals surface area contributed by atoms with Crippen molar-refractivity contribution in [3.63, 3.8) is 0 Å². The summed E-state index contributed by atoms with van der Waals surface area (Å²) < 4.78 is 26.9. The summed E-state index contributed by atoms with van der Waals surface area (Å²) in [5.41, 5.74) is 0.660. The molecule has 2 aromatic rings. The molecule has 2 aromatic carbocycles. The first-order chi connectivity index (χ1) is 11.8. The molecule has 6 nitrogen and oxygen atoms in total. The maximum Gasteiger partial charge on any atom is 0.246 e. The van der Waals surface area contributed by atoms with Gasteiger partial charge in [0.05, 0.1) is 10.7 Å². The lowest BCUT2D eigenvalue weighted by Gasteiger charge is -2.35. The second-order valence-electron chi connectivity index (χ2n) is 5.61. The number of phenolic OH excluding ortho intramolecular Hbond substituents is 2. The van der Waals surface area contributed by atoms with Crippen molar-refractivity contribution < 1.29 is 18.6 Å². The van der Waals surface area contributed by atoms with E-state index >= 15 is 0 Å². The van der Waals surface area contributed by atoms with Gasteiger partial charge in [0.15, 0.2) is 5.75 Å². The zero-order valence-corrected chi connectivity index (χ0v) is 15.4. The van der Waals surface area contributed by atoms with E-state index in [1.807, 2.05) is 11.0 Å². The van der Waals surface area contributed by atoms with E-state index in [1.165, 1.54) is 16.4 Å². The highest BCUT2D eigenvalue weighted by Crippen LogP contribution is 2.36. The van der Waals surface area contributed by atoms with E-state index in [1.54, 1.807) is 18.2 Å². The first kappa shape index (κ1) is 18.1. The van der Waals surface area contributed by atoms with Crippen LogP contribution in [0.5, 0.6) is 11.5 Å². The Kier molecular flexibility index (Phi) is 5.02. The van der Waals surface area contributed by atoms with Crippen LogP contribution in [-0.4, -0.2) is 49.1 Å². The minimum absolute atomic E-state index is 0.112. The molecule has 0 radical (unpaired) electrons. The molecule has 3 rings (SSSR count). The Bertz CT molecular complexity index is 897. The van der Waals surface area contributed by atoms with Crippen LogP contribution < -0.4 is 4.90 Å². The van der Waals surface area contributed by atoms with Crippen molar-refractivity contribution in [3.8, 4) is 11.5 Å². The number of anilines is 1. The molecule has 25 heavy (non-hydrogen) atoms. The number of nitrogens with zero attached hydrogens (tertiary/aromatic N) is 2. The van der Waals surface area contributed by atoms with Gasteiger partial charge in [-0.25, -0.2) is 8.42 Å². The summed E-state index contributed by atoms with van der Waals surface area (Å²) in [6.45, 7) is 1.23. The van der Waals surface area contributed by atoms with Gasteiger partial charge in [0.1, 0.15) is 10.6 Å². The Morgan fingerprint density at radius 2 is 1.60 bits per heavy atom. The van der Waals surface area contributed by atoms with Crippen molar-refractivity contribution in [1.82, 2.24) is 4.31 Å². The smallest absolute Gasteiger partial charge is 0.246 e. The van der Waals surface area contributed by atoms with E-state index in [0.717, 1.165) is 0 Å². The Morgan fingerprint density at radius 3 is 2.24 bits per heavy atom. The zero-order chi connectivity index (χ0) is 18.2. The first-order valence-electron chi connectivity index (χ1n) is 7.52. The van der Waals surface area contributed by atoms with Crippen LogP contribution in [0.2, 0.25) is 10.0 Å². The van der Waals surface area contributed by atoms with Gasteiger partial charge in [0.2, 0.25) is 10.0 Å². The van der Waals surface area contributed by atoms with Crippen LogP contribution in [0.4, 0.5) is 5.69 Å². The van der Waals surface area contributed by atoms with Gasteiger partial charge in [0.25, 0.3) is 0 Å². The Balaban J connectivity index is 1.82. The van der Waals surface area contributed by atoms with Gasteiger partial charge in [0, 0.05) is 31.2 Å². The van der Waals surface area contributed by atoms with Crippen LogP contribution in [-0.2, 0) is 10.0 Å². The predicted molar refractivity (Wildman–Crippen MR) is 97.2 cm³/mol. The van der Waals surface area contributed by atoms with Crippen LogP contribution in [0, 0.1) is 0 Å². The topological polar surface area (TPSA) is 81.1 Å². The number of benzene rings is 2. The van der Waals surface area contributed by atoms with Crippen LogP contribution in [0.1, 0.15) is 0 Å². The second kappa shape index (κ2) is 6.92. The largest absolute Gasteiger partial charge is 0.506 e. The fraction of sp³-hybridized carbons (Fsp3) is 0.250. The van der Waals surface area contributed by atoms with Crippen LogP contribution in [0.15, 0.2) is 41.3 Å². The van der Waals surface area contributed by atoms with Crippen molar-refractivity contribution in [2.45, 2.75) is 4.90 Å². The molecule has 1 heterocycles. The van der Waals surface area contributed by atoms with Crippen molar-refractivity contribution in [2.75, 3.05) is 31.1 Å². The van der Waals surface area contributed by atoms with E-state index in [-0.39, 0.29) is 33.8 Å². The molecule has 0 aliphatic carbocycles. The van der Waals surface area contributed by atoms with E-state index in [2.05, 4.69) is 0 Å². The summed E-state index contributed by atoms with van der Waals surface area (Å²) in [5.74, 6) is -0.354. The van der Waals surface area contributed by atoms with E-state index in [9.17, 15) is 18.6 Å². The van der Waals surface area contributed by atoms with E-state index < -0.39 is 15.8 Å². The zero-order valence-electron chi connectivity index (χ0n) is 13.1.